The van der Waals surface area contributed by atoms with E-state index in [0.717, 1.165) is 5.92 Å². The van der Waals surface area contributed by atoms with Gasteiger partial charge in [0.2, 0.25) is 0 Å². The molecule has 1 unspecified atom stereocenters. The van der Waals surface area contributed by atoms with Crippen LogP contribution in [-0.4, -0.2) is 6.54 Å². The van der Waals surface area contributed by atoms with E-state index in [9.17, 15) is 0 Å². The van der Waals surface area contributed by atoms with Crippen molar-refractivity contribution in [3.05, 3.63) is 33.8 Å². The Hall–Kier alpha value is -0.340. The third-order valence-electron chi connectivity index (χ3n) is 4.60. The fourth-order valence-corrected chi connectivity index (χ4v) is 3.97. The molecule has 98 valence electrons. The topological polar surface area (TPSA) is 12.0 Å². The van der Waals surface area contributed by atoms with E-state index >= 15 is 0 Å². The first-order valence-corrected chi connectivity index (χ1v) is 8.14. The van der Waals surface area contributed by atoms with E-state index in [-0.39, 0.29) is 0 Å². The van der Waals surface area contributed by atoms with Gasteiger partial charge >= 0.3 is 0 Å². The summed E-state index contributed by atoms with van der Waals surface area (Å²) in [7, 11) is 0. The normalized spacial score (nSPS) is 23.5. The molecule has 1 atom stereocenters. The molecule has 0 saturated heterocycles. The van der Waals surface area contributed by atoms with Crippen LogP contribution in [0.15, 0.2) is 22.7 Å². The van der Waals surface area contributed by atoms with Gasteiger partial charge in [-0.2, -0.15) is 0 Å². The van der Waals surface area contributed by atoms with E-state index in [4.69, 9.17) is 0 Å². The summed E-state index contributed by atoms with van der Waals surface area (Å²) in [6.45, 7) is 1.20. The first-order valence-electron chi connectivity index (χ1n) is 7.34. The maximum atomic E-state index is 3.77. The molecular weight excluding hydrogens is 286 g/mol. The first-order chi connectivity index (χ1) is 8.83. The van der Waals surface area contributed by atoms with Gasteiger partial charge in [-0.05, 0) is 55.0 Å². The van der Waals surface area contributed by atoms with Gasteiger partial charge in [-0.1, -0.05) is 47.7 Å². The standard InChI is InChI=1S/C16H22BrN/c17-14-6-7-15-13(11-14)5-8-16(15)18-10-9-12-3-1-2-4-12/h6-7,11-12,16,18H,1-5,8-10H2. The number of nitrogens with one attached hydrogen (secondary N) is 1. The Labute approximate surface area is 118 Å². The average molecular weight is 308 g/mol. The van der Waals surface area contributed by atoms with Crippen LogP contribution in [0.4, 0.5) is 0 Å². The van der Waals surface area contributed by atoms with Gasteiger partial charge in [-0.3, -0.25) is 0 Å². The van der Waals surface area contributed by atoms with Gasteiger partial charge in [0.25, 0.3) is 0 Å². The van der Waals surface area contributed by atoms with Crippen LogP contribution in [-0.2, 0) is 6.42 Å². The summed E-state index contributed by atoms with van der Waals surface area (Å²) < 4.78 is 1.22. The average Bonchev–Trinajstić information content (AvgIpc) is 2.99. The van der Waals surface area contributed by atoms with E-state index in [0.29, 0.717) is 6.04 Å². The molecule has 1 aromatic carbocycles. The highest BCUT2D eigenvalue weighted by Gasteiger charge is 2.22. The van der Waals surface area contributed by atoms with Crippen LogP contribution in [0.1, 0.15) is 55.7 Å². The van der Waals surface area contributed by atoms with Gasteiger partial charge in [0.05, 0.1) is 0 Å². The molecule has 1 nitrogen and oxygen atoms in total. The Kier molecular flexibility index (Phi) is 4.05. The maximum Gasteiger partial charge on any atom is 0.0326 e. The smallest absolute Gasteiger partial charge is 0.0326 e. The highest BCUT2D eigenvalue weighted by Crippen LogP contribution is 2.33. The Morgan fingerprint density at radius 3 is 2.83 bits per heavy atom. The minimum absolute atomic E-state index is 0.606. The third-order valence-corrected chi connectivity index (χ3v) is 5.09. The lowest BCUT2D eigenvalue weighted by Gasteiger charge is -2.16. The summed E-state index contributed by atoms with van der Waals surface area (Å²) in [5, 5.41) is 3.77. The molecule has 2 aliphatic carbocycles. The van der Waals surface area contributed by atoms with Gasteiger partial charge in [0.15, 0.2) is 0 Å². The lowest BCUT2D eigenvalue weighted by atomic mass is 10.0. The number of halogens is 1. The van der Waals surface area contributed by atoms with Crippen molar-refractivity contribution in [2.45, 2.75) is 51.0 Å². The number of hydrogen-bond acceptors (Lipinski definition) is 1. The summed E-state index contributed by atoms with van der Waals surface area (Å²) in [6, 6.07) is 7.36. The van der Waals surface area contributed by atoms with Gasteiger partial charge in [0.1, 0.15) is 0 Å². The van der Waals surface area contributed by atoms with Crippen molar-refractivity contribution in [2.75, 3.05) is 6.54 Å². The monoisotopic (exact) mass is 307 g/mol. The Morgan fingerprint density at radius 1 is 1.17 bits per heavy atom. The molecular formula is C16H22BrN. The number of aryl methyl sites for hydroxylation is 1. The molecule has 0 aliphatic heterocycles. The molecule has 0 radical (unpaired) electrons. The van der Waals surface area contributed by atoms with Gasteiger partial charge in [0, 0.05) is 10.5 Å². The van der Waals surface area contributed by atoms with Crippen molar-refractivity contribution in [3.63, 3.8) is 0 Å². The number of fused-ring (bicyclic) bond motifs is 1. The van der Waals surface area contributed by atoms with E-state index in [2.05, 4.69) is 39.4 Å². The van der Waals surface area contributed by atoms with Crippen LogP contribution in [0.25, 0.3) is 0 Å². The van der Waals surface area contributed by atoms with Crippen molar-refractivity contribution in [1.29, 1.82) is 0 Å². The van der Waals surface area contributed by atoms with Crippen LogP contribution >= 0.6 is 15.9 Å². The van der Waals surface area contributed by atoms with Gasteiger partial charge in [-0.15, -0.1) is 0 Å². The minimum Gasteiger partial charge on any atom is -0.310 e. The predicted molar refractivity (Wildman–Crippen MR) is 79.8 cm³/mol. The molecule has 1 aromatic rings. The molecule has 1 N–H and O–H groups in total. The Balaban J connectivity index is 1.53. The maximum absolute atomic E-state index is 3.77. The fraction of sp³-hybridized carbons (Fsp3) is 0.625. The Morgan fingerprint density at radius 2 is 2.00 bits per heavy atom. The molecule has 1 fully saturated rings. The molecule has 0 aromatic heterocycles. The molecule has 2 heteroatoms. The number of rotatable bonds is 4. The SMILES string of the molecule is Brc1ccc2c(c1)CCC2NCCC1CCCC1. The third kappa shape index (κ3) is 2.80. The molecule has 18 heavy (non-hydrogen) atoms. The lowest BCUT2D eigenvalue weighted by molar-refractivity contribution is 0.443. The van der Waals surface area contributed by atoms with Crippen molar-refractivity contribution >= 4 is 15.9 Å². The molecule has 0 bridgehead atoms. The van der Waals surface area contributed by atoms with Gasteiger partial charge in [-0.25, -0.2) is 0 Å². The van der Waals surface area contributed by atoms with Crippen molar-refractivity contribution in [3.8, 4) is 0 Å². The second-order valence-corrected chi connectivity index (χ2v) is 6.74. The number of hydrogen-bond donors (Lipinski definition) is 1. The molecule has 0 spiro atoms. The Bertz CT molecular complexity index is 410. The molecule has 0 heterocycles. The van der Waals surface area contributed by atoms with Gasteiger partial charge < -0.3 is 5.32 Å². The van der Waals surface area contributed by atoms with Crippen molar-refractivity contribution in [2.24, 2.45) is 5.92 Å². The highest BCUT2D eigenvalue weighted by atomic mass is 79.9. The fourth-order valence-electron chi connectivity index (χ4n) is 3.56. The summed E-state index contributed by atoms with van der Waals surface area (Å²) in [5.74, 6) is 1.00. The predicted octanol–water partition coefficient (Wildman–Crippen LogP) is 4.61. The van der Waals surface area contributed by atoms with E-state index in [1.54, 1.807) is 0 Å². The number of benzene rings is 1. The lowest BCUT2D eigenvalue weighted by Crippen LogP contribution is -2.21. The van der Waals surface area contributed by atoms with Crippen LogP contribution in [0.5, 0.6) is 0 Å². The van der Waals surface area contributed by atoms with Crippen molar-refractivity contribution in [1.82, 2.24) is 5.32 Å². The summed E-state index contributed by atoms with van der Waals surface area (Å²) in [6.07, 6.45) is 9.75. The van der Waals surface area contributed by atoms with Crippen LogP contribution in [0.3, 0.4) is 0 Å². The quantitative estimate of drug-likeness (QED) is 0.856. The minimum atomic E-state index is 0.606. The van der Waals surface area contributed by atoms with Crippen LogP contribution in [0.2, 0.25) is 0 Å². The van der Waals surface area contributed by atoms with E-state index in [1.807, 2.05) is 0 Å². The zero-order valence-electron chi connectivity index (χ0n) is 10.9. The van der Waals surface area contributed by atoms with Crippen LogP contribution < -0.4 is 5.32 Å². The second-order valence-electron chi connectivity index (χ2n) is 5.83. The first kappa shape index (κ1) is 12.7. The second kappa shape index (κ2) is 5.75. The van der Waals surface area contributed by atoms with Crippen LogP contribution in [0, 0.1) is 5.92 Å². The van der Waals surface area contributed by atoms with E-state index in [1.165, 1.54) is 67.1 Å². The van der Waals surface area contributed by atoms with Crippen molar-refractivity contribution < 1.29 is 0 Å². The summed E-state index contributed by atoms with van der Waals surface area (Å²) in [4.78, 5) is 0. The zero-order valence-corrected chi connectivity index (χ0v) is 12.5. The largest absolute Gasteiger partial charge is 0.310 e. The molecule has 3 rings (SSSR count). The summed E-state index contributed by atoms with van der Waals surface area (Å²) in [5.41, 5.74) is 3.06. The summed E-state index contributed by atoms with van der Waals surface area (Å²) >= 11 is 3.56. The molecule has 1 saturated carbocycles. The molecule has 0 amide bonds. The zero-order chi connectivity index (χ0) is 12.4. The molecule has 2 aliphatic rings. The highest BCUT2D eigenvalue weighted by molar-refractivity contribution is 9.10. The van der Waals surface area contributed by atoms with E-state index < -0.39 is 0 Å².